The molecule has 7 nitrogen and oxygen atoms in total. The molecule has 3 amide bonds. The molecule has 0 aromatic rings. The van der Waals surface area contributed by atoms with Gasteiger partial charge in [-0.05, 0) is 37.9 Å². The second kappa shape index (κ2) is 6.37. The van der Waals surface area contributed by atoms with Crippen LogP contribution in [0, 0.1) is 0 Å². The number of urea groups is 1. The molecule has 1 atom stereocenters. The number of imide groups is 1. The summed E-state index contributed by atoms with van der Waals surface area (Å²) in [5, 5.41) is 7.12. The number of amides is 3. The molecule has 0 aromatic carbocycles. The van der Waals surface area contributed by atoms with E-state index in [0.29, 0.717) is 19.4 Å². The SMILES string of the molecule is O=C1NC2(CCCCC2)C(=O)N1NC(=S)NC[C@@H]1CCCO1. The number of rotatable bonds is 3. The van der Waals surface area contributed by atoms with Gasteiger partial charge in [0.15, 0.2) is 5.11 Å². The molecule has 22 heavy (non-hydrogen) atoms. The van der Waals surface area contributed by atoms with Crippen molar-refractivity contribution in [1.29, 1.82) is 0 Å². The molecule has 3 rings (SSSR count). The molecule has 1 saturated carbocycles. The zero-order valence-corrected chi connectivity index (χ0v) is 13.3. The van der Waals surface area contributed by atoms with E-state index in [1.807, 2.05) is 0 Å². The Balaban J connectivity index is 1.54. The highest BCUT2D eigenvalue weighted by molar-refractivity contribution is 7.80. The summed E-state index contributed by atoms with van der Waals surface area (Å²) in [6.07, 6.45) is 6.64. The molecule has 0 bridgehead atoms. The van der Waals surface area contributed by atoms with Gasteiger partial charge in [-0.15, -0.1) is 0 Å². The summed E-state index contributed by atoms with van der Waals surface area (Å²) in [6.45, 7) is 1.36. The number of carbonyl (C=O) groups excluding carboxylic acids is 2. The minimum Gasteiger partial charge on any atom is -0.376 e. The predicted octanol–water partition coefficient (Wildman–Crippen LogP) is 0.799. The summed E-state index contributed by atoms with van der Waals surface area (Å²) < 4.78 is 5.50. The summed E-state index contributed by atoms with van der Waals surface area (Å²) in [5.41, 5.74) is 1.98. The lowest BCUT2D eigenvalue weighted by Crippen LogP contribution is -2.53. The first-order valence-electron chi connectivity index (χ1n) is 7.93. The predicted molar refractivity (Wildman–Crippen MR) is 83.9 cm³/mol. The molecule has 2 heterocycles. The number of hydrogen-bond acceptors (Lipinski definition) is 4. The van der Waals surface area contributed by atoms with E-state index in [-0.39, 0.29) is 17.1 Å². The Hall–Kier alpha value is -1.41. The van der Waals surface area contributed by atoms with Gasteiger partial charge in [0.2, 0.25) is 0 Å². The van der Waals surface area contributed by atoms with E-state index in [2.05, 4.69) is 16.1 Å². The van der Waals surface area contributed by atoms with Gasteiger partial charge in [-0.25, -0.2) is 4.79 Å². The molecule has 2 saturated heterocycles. The van der Waals surface area contributed by atoms with Crippen molar-refractivity contribution in [2.45, 2.75) is 56.6 Å². The van der Waals surface area contributed by atoms with Crippen LogP contribution in [0.15, 0.2) is 0 Å². The zero-order chi connectivity index (χ0) is 15.6. The van der Waals surface area contributed by atoms with Crippen molar-refractivity contribution in [3.05, 3.63) is 0 Å². The number of hydrazine groups is 1. The maximum Gasteiger partial charge on any atom is 0.344 e. The smallest absolute Gasteiger partial charge is 0.344 e. The first-order chi connectivity index (χ1) is 10.6. The molecular weight excluding hydrogens is 304 g/mol. The molecule has 0 unspecified atom stereocenters. The van der Waals surface area contributed by atoms with Crippen LogP contribution in [0.1, 0.15) is 44.9 Å². The molecule has 3 aliphatic rings. The number of ether oxygens (including phenoxy) is 1. The largest absolute Gasteiger partial charge is 0.376 e. The normalized spacial score (nSPS) is 27.1. The fourth-order valence-electron chi connectivity index (χ4n) is 3.37. The van der Waals surface area contributed by atoms with Gasteiger partial charge >= 0.3 is 6.03 Å². The molecule has 0 aromatic heterocycles. The van der Waals surface area contributed by atoms with E-state index in [4.69, 9.17) is 17.0 Å². The lowest BCUT2D eigenvalue weighted by Gasteiger charge is -2.30. The second-order valence-electron chi connectivity index (χ2n) is 6.17. The van der Waals surface area contributed by atoms with Gasteiger partial charge in [-0.3, -0.25) is 10.2 Å². The average Bonchev–Trinajstić information content (AvgIpc) is 3.10. The third kappa shape index (κ3) is 3.03. The Bertz CT molecular complexity index is 473. The van der Waals surface area contributed by atoms with E-state index in [0.717, 1.165) is 43.7 Å². The van der Waals surface area contributed by atoms with E-state index < -0.39 is 11.6 Å². The summed E-state index contributed by atoms with van der Waals surface area (Å²) in [6, 6.07) is -0.423. The minimum absolute atomic E-state index is 0.146. The van der Waals surface area contributed by atoms with Crippen LogP contribution >= 0.6 is 12.2 Å². The molecule has 2 aliphatic heterocycles. The average molecular weight is 326 g/mol. The Morgan fingerprint density at radius 1 is 1.32 bits per heavy atom. The van der Waals surface area contributed by atoms with E-state index in [9.17, 15) is 9.59 Å². The van der Waals surface area contributed by atoms with E-state index in [1.165, 1.54) is 0 Å². The van der Waals surface area contributed by atoms with Crippen molar-refractivity contribution in [1.82, 2.24) is 21.1 Å². The monoisotopic (exact) mass is 326 g/mol. The quantitative estimate of drug-likeness (QED) is 0.526. The third-order valence-electron chi connectivity index (χ3n) is 4.60. The van der Waals surface area contributed by atoms with Crippen molar-refractivity contribution in [3.8, 4) is 0 Å². The van der Waals surface area contributed by atoms with Crippen LogP contribution in [-0.4, -0.2) is 46.9 Å². The highest BCUT2D eigenvalue weighted by Gasteiger charge is 2.51. The van der Waals surface area contributed by atoms with Gasteiger partial charge in [0.05, 0.1) is 6.10 Å². The Kier molecular flexibility index (Phi) is 4.49. The summed E-state index contributed by atoms with van der Waals surface area (Å²) in [4.78, 5) is 24.6. The minimum atomic E-state index is -0.730. The first kappa shape index (κ1) is 15.5. The highest BCUT2D eigenvalue weighted by Crippen LogP contribution is 2.32. The lowest BCUT2D eigenvalue weighted by atomic mass is 9.82. The Morgan fingerprint density at radius 2 is 2.09 bits per heavy atom. The molecule has 1 aliphatic carbocycles. The number of nitrogens with one attached hydrogen (secondary N) is 3. The Morgan fingerprint density at radius 3 is 2.77 bits per heavy atom. The van der Waals surface area contributed by atoms with Crippen molar-refractivity contribution in [2.75, 3.05) is 13.2 Å². The molecule has 8 heteroatoms. The second-order valence-corrected chi connectivity index (χ2v) is 6.58. The highest BCUT2D eigenvalue weighted by atomic mass is 32.1. The molecule has 122 valence electrons. The summed E-state index contributed by atoms with van der Waals surface area (Å²) in [7, 11) is 0. The van der Waals surface area contributed by atoms with Gasteiger partial charge in [0, 0.05) is 13.2 Å². The van der Waals surface area contributed by atoms with Gasteiger partial charge in [0.1, 0.15) is 5.54 Å². The topological polar surface area (TPSA) is 82.7 Å². The van der Waals surface area contributed by atoms with Gasteiger partial charge in [-0.2, -0.15) is 5.01 Å². The number of carbonyl (C=O) groups is 2. The molecule has 0 radical (unpaired) electrons. The van der Waals surface area contributed by atoms with Crippen LogP contribution in [0.3, 0.4) is 0 Å². The molecular formula is C14H22N4O3S. The van der Waals surface area contributed by atoms with Crippen LogP contribution in [0.2, 0.25) is 0 Å². The molecule has 3 fully saturated rings. The van der Waals surface area contributed by atoms with Crippen LogP contribution in [0.25, 0.3) is 0 Å². The van der Waals surface area contributed by atoms with Crippen molar-refractivity contribution in [3.63, 3.8) is 0 Å². The van der Waals surface area contributed by atoms with Crippen LogP contribution in [-0.2, 0) is 9.53 Å². The van der Waals surface area contributed by atoms with Crippen LogP contribution in [0.5, 0.6) is 0 Å². The van der Waals surface area contributed by atoms with Gasteiger partial charge in [0.25, 0.3) is 5.91 Å². The van der Waals surface area contributed by atoms with E-state index >= 15 is 0 Å². The zero-order valence-electron chi connectivity index (χ0n) is 12.5. The van der Waals surface area contributed by atoms with Gasteiger partial charge < -0.3 is 15.4 Å². The van der Waals surface area contributed by atoms with Crippen molar-refractivity contribution >= 4 is 29.3 Å². The molecule has 3 N–H and O–H groups in total. The first-order valence-corrected chi connectivity index (χ1v) is 8.34. The van der Waals surface area contributed by atoms with Crippen LogP contribution < -0.4 is 16.1 Å². The number of thiocarbonyl (C=S) groups is 1. The van der Waals surface area contributed by atoms with Gasteiger partial charge in [-0.1, -0.05) is 19.3 Å². The fourth-order valence-corrected chi connectivity index (χ4v) is 3.54. The fraction of sp³-hybridized carbons (Fsp3) is 0.786. The number of nitrogens with zero attached hydrogens (tertiary/aromatic N) is 1. The summed E-state index contributed by atoms with van der Waals surface area (Å²) >= 11 is 5.17. The Labute approximate surface area is 135 Å². The van der Waals surface area contributed by atoms with Crippen LogP contribution in [0.4, 0.5) is 4.79 Å². The van der Waals surface area contributed by atoms with Crippen molar-refractivity contribution < 1.29 is 14.3 Å². The maximum atomic E-state index is 12.6. The lowest BCUT2D eigenvalue weighted by molar-refractivity contribution is -0.133. The van der Waals surface area contributed by atoms with Crippen molar-refractivity contribution in [2.24, 2.45) is 0 Å². The molecule has 1 spiro atoms. The van der Waals surface area contributed by atoms with E-state index in [1.54, 1.807) is 0 Å². The maximum absolute atomic E-state index is 12.6. The summed E-state index contributed by atoms with van der Waals surface area (Å²) in [5.74, 6) is -0.224. The third-order valence-corrected chi connectivity index (χ3v) is 4.83. The number of hydrogen-bond donors (Lipinski definition) is 3. The standard InChI is InChI=1S/C14H22N4O3S/c19-11-14(6-2-1-3-7-14)16-13(20)18(11)17-12(22)15-9-10-5-4-8-21-10/h10H,1-9H2,(H,16,20)(H2,15,17,22)/t10-/m0/s1.